The van der Waals surface area contributed by atoms with Crippen LogP contribution in [-0.2, 0) is 4.43 Å². The molecule has 0 aliphatic carbocycles. The van der Waals surface area contributed by atoms with Crippen LogP contribution in [0.4, 0.5) is 0 Å². The Bertz CT molecular complexity index is 1040. The summed E-state index contributed by atoms with van der Waals surface area (Å²) in [5.41, 5.74) is 1.28. The van der Waals surface area contributed by atoms with Crippen molar-refractivity contribution in [3.05, 3.63) is 59.4 Å². The van der Waals surface area contributed by atoms with E-state index in [1.54, 1.807) is 24.5 Å². The molecule has 0 amide bonds. The molecule has 0 bridgehead atoms. The van der Waals surface area contributed by atoms with Gasteiger partial charge in [0.25, 0.3) is 0 Å². The van der Waals surface area contributed by atoms with Gasteiger partial charge < -0.3 is 19.7 Å². The third kappa shape index (κ3) is 4.64. The Morgan fingerprint density at radius 2 is 2.03 bits per heavy atom. The van der Waals surface area contributed by atoms with Gasteiger partial charge in [-0.1, -0.05) is 25.9 Å². The molecule has 170 valence electrons. The second kappa shape index (κ2) is 8.56. The third-order valence-corrected chi connectivity index (χ3v) is 10.8. The van der Waals surface area contributed by atoms with E-state index >= 15 is 0 Å². The number of oxime groups is 1. The van der Waals surface area contributed by atoms with Crippen LogP contribution in [0.25, 0.3) is 0 Å². The summed E-state index contributed by atoms with van der Waals surface area (Å²) in [4.78, 5) is 4.13. The third-order valence-electron chi connectivity index (χ3n) is 6.39. The van der Waals surface area contributed by atoms with Gasteiger partial charge in [-0.3, -0.25) is 4.98 Å². The van der Waals surface area contributed by atoms with E-state index in [0.29, 0.717) is 16.9 Å². The SMILES string of the molecule is CC1(C)Oc2ccc(C#N)cc2[C@@H](NC(=NO)c2cccnc2)[C@@H]1O[Si](C)(C)C(C)(C)C. The number of ether oxygens (including phenoxy) is 1. The van der Waals surface area contributed by atoms with Gasteiger partial charge in [0.05, 0.1) is 17.7 Å². The normalized spacial score (nSPS) is 20.6. The van der Waals surface area contributed by atoms with Crippen molar-refractivity contribution in [2.75, 3.05) is 0 Å². The van der Waals surface area contributed by atoms with E-state index in [2.05, 4.69) is 55.4 Å². The molecule has 2 aromatic rings. The number of nitrogens with one attached hydrogen (secondary N) is 1. The molecule has 1 aliphatic heterocycles. The smallest absolute Gasteiger partial charge is 0.192 e. The van der Waals surface area contributed by atoms with E-state index in [1.165, 1.54) is 0 Å². The topological polar surface area (TPSA) is 99.8 Å². The van der Waals surface area contributed by atoms with Crippen molar-refractivity contribution < 1.29 is 14.4 Å². The lowest BCUT2D eigenvalue weighted by atomic mass is 9.85. The van der Waals surface area contributed by atoms with Crippen LogP contribution in [0, 0.1) is 11.3 Å². The molecule has 2 heterocycles. The number of fused-ring (bicyclic) bond motifs is 1. The molecule has 2 atom stereocenters. The summed E-state index contributed by atoms with van der Waals surface area (Å²) in [5, 5.41) is 26.2. The van der Waals surface area contributed by atoms with Crippen molar-refractivity contribution in [2.24, 2.45) is 5.16 Å². The van der Waals surface area contributed by atoms with Crippen molar-refractivity contribution in [1.29, 1.82) is 5.26 Å². The highest BCUT2D eigenvalue weighted by Gasteiger charge is 2.50. The minimum Gasteiger partial charge on any atom is -0.485 e. The first-order valence-corrected chi connectivity index (χ1v) is 13.6. The maximum Gasteiger partial charge on any atom is 0.192 e. The molecule has 1 aromatic heterocycles. The highest BCUT2D eigenvalue weighted by atomic mass is 28.4. The summed E-state index contributed by atoms with van der Waals surface area (Å²) in [6.07, 6.45) is 2.88. The van der Waals surface area contributed by atoms with Gasteiger partial charge in [0.15, 0.2) is 14.2 Å². The second-order valence-electron chi connectivity index (χ2n) is 10.2. The van der Waals surface area contributed by atoms with Crippen LogP contribution in [0.5, 0.6) is 5.75 Å². The Hall–Kier alpha value is -2.89. The largest absolute Gasteiger partial charge is 0.485 e. The van der Waals surface area contributed by atoms with Crippen molar-refractivity contribution in [3.8, 4) is 11.8 Å². The number of hydrogen-bond donors (Lipinski definition) is 2. The van der Waals surface area contributed by atoms with Crippen LogP contribution in [0.2, 0.25) is 18.1 Å². The van der Waals surface area contributed by atoms with Gasteiger partial charge in [0.2, 0.25) is 0 Å². The van der Waals surface area contributed by atoms with E-state index < -0.39 is 26.1 Å². The molecule has 0 unspecified atom stereocenters. The maximum absolute atomic E-state index is 9.82. The molecule has 0 fully saturated rings. The Balaban J connectivity index is 2.13. The van der Waals surface area contributed by atoms with Crippen molar-refractivity contribution in [1.82, 2.24) is 10.3 Å². The predicted molar refractivity (Wildman–Crippen MR) is 126 cm³/mol. The van der Waals surface area contributed by atoms with E-state index in [-0.39, 0.29) is 10.9 Å². The molecule has 1 aliphatic rings. The average Bonchev–Trinajstić information content (AvgIpc) is 2.73. The minimum absolute atomic E-state index is 0.0142. The minimum atomic E-state index is -2.21. The van der Waals surface area contributed by atoms with Crippen LogP contribution in [0.1, 0.15) is 57.4 Å². The zero-order valence-corrected chi connectivity index (χ0v) is 20.8. The number of pyridine rings is 1. The number of hydrogen-bond acceptors (Lipinski definition) is 6. The Labute approximate surface area is 191 Å². The monoisotopic (exact) mass is 452 g/mol. The van der Waals surface area contributed by atoms with Gasteiger partial charge in [-0.2, -0.15) is 5.26 Å². The zero-order valence-electron chi connectivity index (χ0n) is 19.8. The quantitative estimate of drug-likeness (QED) is 0.223. The lowest BCUT2D eigenvalue weighted by Crippen LogP contribution is -2.59. The number of amidine groups is 1. The molecule has 0 saturated heterocycles. The second-order valence-corrected chi connectivity index (χ2v) is 14.9. The summed E-state index contributed by atoms with van der Waals surface area (Å²) in [7, 11) is -2.21. The molecule has 2 N–H and O–H groups in total. The van der Waals surface area contributed by atoms with Crippen LogP contribution < -0.4 is 10.1 Å². The van der Waals surface area contributed by atoms with Crippen LogP contribution >= 0.6 is 0 Å². The first kappa shape index (κ1) is 23.8. The summed E-state index contributed by atoms with van der Waals surface area (Å²) < 4.78 is 13.3. The highest BCUT2D eigenvalue weighted by molar-refractivity contribution is 6.74. The van der Waals surface area contributed by atoms with E-state index in [9.17, 15) is 10.5 Å². The Morgan fingerprint density at radius 1 is 1.31 bits per heavy atom. The van der Waals surface area contributed by atoms with Gasteiger partial charge in [-0.25, -0.2) is 0 Å². The fourth-order valence-corrected chi connectivity index (χ4v) is 4.95. The van der Waals surface area contributed by atoms with E-state index in [4.69, 9.17) is 9.16 Å². The molecular formula is C24H32N4O3Si. The highest BCUT2D eigenvalue weighted by Crippen LogP contribution is 2.46. The molecule has 0 radical (unpaired) electrons. The molecular weight excluding hydrogens is 420 g/mol. The first-order valence-electron chi connectivity index (χ1n) is 10.7. The van der Waals surface area contributed by atoms with E-state index in [1.807, 2.05) is 32.0 Å². The average molecular weight is 453 g/mol. The molecule has 8 heteroatoms. The molecule has 1 aromatic carbocycles. The summed E-state index contributed by atoms with van der Waals surface area (Å²) >= 11 is 0. The van der Waals surface area contributed by atoms with Crippen LogP contribution in [0.3, 0.4) is 0 Å². The molecule has 0 spiro atoms. The summed E-state index contributed by atoms with van der Waals surface area (Å²) in [6, 6.07) is 10.7. The number of benzene rings is 1. The number of rotatable bonds is 4. The first-order chi connectivity index (χ1) is 14.9. The van der Waals surface area contributed by atoms with Crippen molar-refractivity contribution in [2.45, 2.75) is 70.5 Å². The summed E-state index contributed by atoms with van der Waals surface area (Å²) in [6.45, 7) is 15.0. The number of nitriles is 1. The van der Waals surface area contributed by atoms with Crippen molar-refractivity contribution in [3.63, 3.8) is 0 Å². The lowest BCUT2D eigenvalue weighted by molar-refractivity contribution is -0.0533. The van der Waals surface area contributed by atoms with Crippen LogP contribution in [0.15, 0.2) is 47.9 Å². The zero-order chi connectivity index (χ0) is 23.7. The standard InChI is InChI=1S/C24H32N4O3Si/c1-23(2,3)32(6,7)31-21-20(27-22(28-29)17-9-8-12-26-15-17)18-13-16(14-25)10-11-19(18)30-24(21,4)5/h8-13,15,20-21,29H,1-7H3,(H,27,28)/t20-,21+/m1/s1. The van der Waals surface area contributed by atoms with Crippen molar-refractivity contribution >= 4 is 14.2 Å². The Kier molecular flexibility index (Phi) is 6.36. The van der Waals surface area contributed by atoms with Gasteiger partial charge in [-0.05, 0) is 62.3 Å². The predicted octanol–water partition coefficient (Wildman–Crippen LogP) is 4.98. The number of aromatic nitrogens is 1. The van der Waals surface area contributed by atoms with Gasteiger partial charge >= 0.3 is 0 Å². The van der Waals surface area contributed by atoms with Gasteiger partial charge in [0.1, 0.15) is 17.5 Å². The Morgan fingerprint density at radius 3 is 2.59 bits per heavy atom. The van der Waals surface area contributed by atoms with Crippen LogP contribution in [-0.4, -0.2) is 36.0 Å². The molecule has 3 rings (SSSR count). The lowest BCUT2D eigenvalue weighted by Gasteiger charge is -2.50. The fourth-order valence-electron chi connectivity index (χ4n) is 3.54. The maximum atomic E-state index is 9.82. The fraction of sp³-hybridized carbons (Fsp3) is 0.458. The van der Waals surface area contributed by atoms with Gasteiger partial charge in [-0.15, -0.1) is 0 Å². The molecule has 32 heavy (non-hydrogen) atoms. The number of nitrogens with zero attached hydrogens (tertiary/aromatic N) is 3. The molecule has 7 nitrogen and oxygen atoms in total. The van der Waals surface area contributed by atoms with Gasteiger partial charge in [0, 0.05) is 23.5 Å². The van der Waals surface area contributed by atoms with E-state index in [0.717, 1.165) is 5.56 Å². The molecule has 0 saturated carbocycles. The summed E-state index contributed by atoms with van der Waals surface area (Å²) in [5.74, 6) is 0.947.